The quantitative estimate of drug-likeness (QED) is 0.464. The number of hydrogen-bond acceptors (Lipinski definition) is 8. The number of benzene rings is 1. The Labute approximate surface area is 174 Å². The van der Waals surface area contributed by atoms with Crippen molar-refractivity contribution < 1.29 is 38.3 Å². The summed E-state index contributed by atoms with van der Waals surface area (Å²) in [5.74, 6) is -4.94. The first kappa shape index (κ1) is 23.1. The van der Waals surface area contributed by atoms with Gasteiger partial charge < -0.3 is 14.3 Å². The Morgan fingerprint density at radius 2 is 1.53 bits per heavy atom. The van der Waals surface area contributed by atoms with E-state index in [1.165, 1.54) is 0 Å². The van der Waals surface area contributed by atoms with Gasteiger partial charge in [-0.15, -0.1) is 5.06 Å². The third-order valence-corrected chi connectivity index (χ3v) is 4.00. The molecule has 9 nitrogen and oxygen atoms in total. The van der Waals surface area contributed by atoms with Gasteiger partial charge in [-0.2, -0.15) is 0 Å². The molecule has 0 aromatic heterocycles. The van der Waals surface area contributed by atoms with Crippen molar-refractivity contribution in [2.24, 2.45) is 5.92 Å². The second-order valence-corrected chi connectivity index (χ2v) is 7.83. The van der Waals surface area contributed by atoms with Crippen LogP contribution in [0.4, 0.5) is 0 Å². The molecule has 1 aliphatic rings. The van der Waals surface area contributed by atoms with Gasteiger partial charge in [0.25, 0.3) is 11.8 Å². The van der Waals surface area contributed by atoms with Gasteiger partial charge in [0, 0.05) is 12.8 Å². The van der Waals surface area contributed by atoms with Crippen LogP contribution in [0.15, 0.2) is 30.3 Å². The number of rotatable bonds is 8. The highest BCUT2D eigenvalue weighted by Gasteiger charge is 2.35. The summed E-state index contributed by atoms with van der Waals surface area (Å²) in [4.78, 5) is 64.9. The van der Waals surface area contributed by atoms with Crippen LogP contribution < -0.4 is 0 Å². The van der Waals surface area contributed by atoms with Crippen LogP contribution in [0, 0.1) is 5.92 Å². The second-order valence-electron chi connectivity index (χ2n) is 7.83. The molecule has 1 atom stereocenters. The van der Waals surface area contributed by atoms with E-state index in [1.807, 2.05) is 6.07 Å². The number of hydroxylamine groups is 2. The number of amides is 2. The summed E-state index contributed by atoms with van der Waals surface area (Å²) in [6.45, 7) is 4.98. The predicted octanol–water partition coefficient (Wildman–Crippen LogP) is 2.08. The Bertz CT molecular complexity index is 796. The van der Waals surface area contributed by atoms with E-state index in [-0.39, 0.29) is 19.4 Å². The summed E-state index contributed by atoms with van der Waals surface area (Å²) < 4.78 is 10.4. The number of ether oxygens (including phenoxy) is 2. The number of carbonyl (C=O) groups is 5. The first-order valence-corrected chi connectivity index (χ1v) is 9.54. The van der Waals surface area contributed by atoms with Crippen molar-refractivity contribution >= 4 is 29.7 Å². The van der Waals surface area contributed by atoms with Crippen molar-refractivity contribution in [1.29, 1.82) is 0 Å². The van der Waals surface area contributed by atoms with Gasteiger partial charge >= 0.3 is 17.9 Å². The Balaban J connectivity index is 2.02. The highest BCUT2D eigenvalue weighted by molar-refractivity contribution is 6.01. The van der Waals surface area contributed by atoms with E-state index in [0.29, 0.717) is 5.06 Å². The van der Waals surface area contributed by atoms with Gasteiger partial charge in [-0.25, -0.2) is 4.79 Å². The first-order chi connectivity index (χ1) is 14.0. The molecule has 1 aliphatic heterocycles. The fourth-order valence-corrected chi connectivity index (χ4v) is 2.67. The van der Waals surface area contributed by atoms with Crippen LogP contribution in [0.5, 0.6) is 0 Å². The molecule has 0 N–H and O–H groups in total. The average Bonchev–Trinajstić information content (AvgIpc) is 2.97. The van der Waals surface area contributed by atoms with Gasteiger partial charge in [-0.05, 0) is 26.3 Å². The molecule has 30 heavy (non-hydrogen) atoms. The second kappa shape index (κ2) is 10.00. The molecule has 162 valence electrons. The lowest BCUT2D eigenvalue weighted by Crippen LogP contribution is -2.34. The van der Waals surface area contributed by atoms with Crippen molar-refractivity contribution in [3.8, 4) is 0 Å². The number of hydrogen-bond donors (Lipinski definition) is 0. The minimum absolute atomic E-state index is 0.0391. The topological polar surface area (TPSA) is 116 Å². The maximum Gasteiger partial charge on any atom is 0.334 e. The summed E-state index contributed by atoms with van der Waals surface area (Å²) in [6.07, 6.45) is -1.06. The molecule has 1 saturated heterocycles. The van der Waals surface area contributed by atoms with Crippen LogP contribution in [0.25, 0.3) is 0 Å². The average molecular weight is 419 g/mol. The third kappa shape index (κ3) is 7.31. The largest absolute Gasteiger partial charge is 0.461 e. The first-order valence-electron chi connectivity index (χ1n) is 9.54. The highest BCUT2D eigenvalue weighted by Crippen LogP contribution is 2.19. The normalized spacial score (nSPS) is 15.0. The van der Waals surface area contributed by atoms with E-state index < -0.39 is 54.1 Å². The van der Waals surface area contributed by atoms with Crippen molar-refractivity contribution in [3.05, 3.63) is 35.9 Å². The lowest BCUT2D eigenvalue weighted by atomic mass is 10.0. The molecule has 9 heteroatoms. The molecule has 0 radical (unpaired) electrons. The van der Waals surface area contributed by atoms with Crippen molar-refractivity contribution in [2.75, 3.05) is 0 Å². The fraction of sp³-hybridized carbons (Fsp3) is 0.476. The zero-order chi connectivity index (χ0) is 22.3. The van der Waals surface area contributed by atoms with E-state index in [9.17, 15) is 24.0 Å². The molecular weight excluding hydrogens is 394 g/mol. The van der Waals surface area contributed by atoms with Crippen LogP contribution in [0.3, 0.4) is 0 Å². The van der Waals surface area contributed by atoms with Crippen molar-refractivity contribution in [1.82, 2.24) is 5.06 Å². The summed E-state index contributed by atoms with van der Waals surface area (Å²) >= 11 is 0. The molecule has 0 saturated carbocycles. The van der Waals surface area contributed by atoms with E-state index >= 15 is 0 Å². The zero-order valence-electron chi connectivity index (χ0n) is 17.2. The number of imide groups is 1. The smallest absolute Gasteiger partial charge is 0.334 e. The predicted molar refractivity (Wildman–Crippen MR) is 102 cm³/mol. The van der Waals surface area contributed by atoms with Crippen LogP contribution in [0.2, 0.25) is 0 Å². The molecule has 0 unspecified atom stereocenters. The molecule has 2 rings (SSSR count). The van der Waals surface area contributed by atoms with E-state index in [1.54, 1.807) is 45.0 Å². The monoisotopic (exact) mass is 419 g/mol. The molecular formula is C21H25NO8. The fourth-order valence-electron chi connectivity index (χ4n) is 2.67. The zero-order valence-corrected chi connectivity index (χ0v) is 17.2. The van der Waals surface area contributed by atoms with Crippen molar-refractivity contribution in [3.63, 3.8) is 0 Å². The van der Waals surface area contributed by atoms with Gasteiger partial charge in [0.2, 0.25) is 0 Å². The van der Waals surface area contributed by atoms with Gasteiger partial charge in [-0.3, -0.25) is 19.2 Å². The maximum absolute atomic E-state index is 12.5. The van der Waals surface area contributed by atoms with Gasteiger partial charge in [0.1, 0.15) is 12.2 Å². The summed E-state index contributed by atoms with van der Waals surface area (Å²) in [6, 6.07) is 8.89. The standard InChI is InChI=1S/C21H25NO8/c1-21(2,3)29-18(25)11-15(20(27)28-13-14-7-5-4-6-8-14)12-19(26)30-22-16(23)9-10-17(22)24/h4-8,15H,9-13H2,1-3H3/t15-/m0/s1. The van der Waals surface area contributed by atoms with E-state index in [2.05, 4.69) is 0 Å². The minimum Gasteiger partial charge on any atom is -0.461 e. The SMILES string of the molecule is CC(C)(C)OC(=O)C[C@@H](CC(=O)ON1C(=O)CCC1=O)C(=O)OCc1ccccc1. The van der Waals surface area contributed by atoms with E-state index in [4.69, 9.17) is 14.3 Å². The number of nitrogens with zero attached hydrogens (tertiary/aromatic N) is 1. The summed E-state index contributed by atoms with van der Waals surface area (Å²) in [5, 5.41) is 0.391. The van der Waals surface area contributed by atoms with Crippen LogP contribution in [0.1, 0.15) is 52.0 Å². The van der Waals surface area contributed by atoms with Gasteiger partial charge in [-0.1, -0.05) is 30.3 Å². The van der Waals surface area contributed by atoms with Crippen LogP contribution in [-0.4, -0.2) is 40.4 Å². The summed E-state index contributed by atoms with van der Waals surface area (Å²) in [7, 11) is 0. The highest BCUT2D eigenvalue weighted by atomic mass is 16.7. The van der Waals surface area contributed by atoms with Crippen LogP contribution >= 0.6 is 0 Å². The van der Waals surface area contributed by atoms with Gasteiger partial charge in [0.15, 0.2) is 0 Å². The molecule has 1 fully saturated rings. The molecule has 0 aliphatic carbocycles. The lowest BCUT2D eigenvalue weighted by Gasteiger charge is -2.22. The lowest BCUT2D eigenvalue weighted by molar-refractivity contribution is -0.198. The molecule has 0 bridgehead atoms. The molecule has 0 spiro atoms. The Morgan fingerprint density at radius 3 is 2.10 bits per heavy atom. The molecule has 2 amide bonds. The third-order valence-electron chi connectivity index (χ3n) is 4.00. The summed E-state index contributed by atoms with van der Waals surface area (Å²) in [5.41, 5.74) is -0.0394. The van der Waals surface area contributed by atoms with E-state index in [0.717, 1.165) is 5.56 Å². The molecule has 1 heterocycles. The number of esters is 2. The van der Waals surface area contributed by atoms with Crippen LogP contribution in [-0.2, 0) is 44.9 Å². The Hall–Kier alpha value is -3.23. The molecule has 1 aromatic carbocycles. The Morgan fingerprint density at radius 1 is 0.967 bits per heavy atom. The number of carbonyl (C=O) groups excluding carboxylic acids is 5. The maximum atomic E-state index is 12.5. The molecule has 1 aromatic rings. The van der Waals surface area contributed by atoms with Crippen molar-refractivity contribution in [2.45, 2.75) is 58.7 Å². The Kier molecular flexibility index (Phi) is 7.68. The van der Waals surface area contributed by atoms with Gasteiger partial charge in [0.05, 0.1) is 18.8 Å². The minimum atomic E-state index is -1.19.